The molecule has 0 bridgehead atoms. The largest absolute Gasteiger partial charge is 0.493 e. The van der Waals surface area contributed by atoms with Crippen molar-refractivity contribution in [3.63, 3.8) is 0 Å². The monoisotopic (exact) mass is 636 g/mol. The van der Waals surface area contributed by atoms with E-state index in [1.807, 2.05) is 0 Å². The summed E-state index contributed by atoms with van der Waals surface area (Å²) in [5.74, 6) is -0.550. The predicted octanol–water partition coefficient (Wildman–Crippen LogP) is 6.30. The zero-order valence-corrected chi connectivity index (χ0v) is 24.8. The lowest BCUT2D eigenvalue weighted by molar-refractivity contribution is -0.137. The normalized spacial score (nSPS) is 18.3. The number of fused-ring (bicyclic) bond motifs is 1. The number of aromatic hydroxyl groups is 1. The van der Waals surface area contributed by atoms with Crippen LogP contribution in [0, 0.1) is 0 Å². The Kier molecular flexibility index (Phi) is 8.09. The van der Waals surface area contributed by atoms with Gasteiger partial charge in [-0.3, -0.25) is 14.5 Å². The van der Waals surface area contributed by atoms with Gasteiger partial charge in [-0.25, -0.2) is 4.79 Å². The number of thiazole rings is 1. The SMILES string of the molecule is CC(C)(C)OC(=O)N1CCC(O)C(n2c(O)c(C(=Cc3ccc(Cl)cc3C(F)(F)F)c3ccc4[nH]ncc4c3)sc2=O)C1. The van der Waals surface area contributed by atoms with Gasteiger partial charge in [0, 0.05) is 29.1 Å². The number of aromatic amines is 1. The number of amides is 1. The average molecular weight is 637 g/mol. The van der Waals surface area contributed by atoms with Crippen LogP contribution in [0.4, 0.5) is 18.0 Å². The molecule has 5 rings (SSSR count). The molecular weight excluding hydrogens is 609 g/mol. The standard InChI is InChI=1S/C29H28ClF3N4O5S/c1-28(2,3)42-26(40)36-9-8-23(38)22(14-36)37-25(39)24(43-27(37)41)19(15-5-7-21-17(10-15)13-34-35-21)11-16-4-6-18(30)12-20(16)29(31,32)33/h4-7,10-13,22-23,38-39H,8-9,14H2,1-3H3,(H,34,35). The van der Waals surface area contributed by atoms with Crippen molar-refractivity contribution >= 4 is 51.6 Å². The fraction of sp³-hybridized carbons (Fsp3) is 0.345. The van der Waals surface area contributed by atoms with Gasteiger partial charge in [0.05, 0.1) is 29.4 Å². The summed E-state index contributed by atoms with van der Waals surface area (Å²) in [6, 6.07) is 7.28. The molecule has 9 nitrogen and oxygen atoms in total. The summed E-state index contributed by atoms with van der Waals surface area (Å²) in [6.07, 6.45) is -3.58. The third-order valence-electron chi connectivity index (χ3n) is 6.96. The third-order valence-corrected chi connectivity index (χ3v) is 8.18. The lowest BCUT2D eigenvalue weighted by Crippen LogP contribution is -2.49. The summed E-state index contributed by atoms with van der Waals surface area (Å²) in [5.41, 5.74) is -0.801. The second-order valence-electron chi connectivity index (χ2n) is 11.2. The van der Waals surface area contributed by atoms with Gasteiger partial charge in [0.15, 0.2) is 0 Å². The molecule has 1 saturated heterocycles. The van der Waals surface area contributed by atoms with Crippen LogP contribution in [0.15, 0.2) is 47.4 Å². The van der Waals surface area contributed by atoms with E-state index in [0.717, 1.165) is 10.6 Å². The Labute approximate surface area is 252 Å². The van der Waals surface area contributed by atoms with E-state index in [0.29, 0.717) is 27.8 Å². The minimum Gasteiger partial charge on any atom is -0.493 e. The maximum Gasteiger partial charge on any atom is 0.417 e. The van der Waals surface area contributed by atoms with Crippen LogP contribution in [0.3, 0.4) is 0 Å². The zero-order chi connectivity index (χ0) is 31.3. The predicted molar refractivity (Wildman–Crippen MR) is 157 cm³/mol. The Morgan fingerprint density at radius 3 is 2.65 bits per heavy atom. The maximum atomic E-state index is 14.0. The highest BCUT2D eigenvalue weighted by atomic mass is 35.5. The summed E-state index contributed by atoms with van der Waals surface area (Å²) in [5, 5.41) is 29.6. The second-order valence-corrected chi connectivity index (χ2v) is 12.6. The molecule has 2 aromatic carbocycles. The summed E-state index contributed by atoms with van der Waals surface area (Å²) >= 11 is 6.51. The number of alkyl halides is 3. The molecule has 0 aliphatic carbocycles. The van der Waals surface area contributed by atoms with E-state index in [-0.39, 0.29) is 40.5 Å². The number of likely N-dealkylation sites (tertiary alicyclic amines) is 1. The number of rotatable bonds is 4. The van der Waals surface area contributed by atoms with Crippen LogP contribution in [0.5, 0.6) is 5.88 Å². The Hall–Kier alpha value is -3.81. The Bertz CT molecular complexity index is 1770. The fourth-order valence-electron chi connectivity index (χ4n) is 4.96. The van der Waals surface area contributed by atoms with E-state index in [1.54, 1.807) is 39.0 Å². The molecule has 3 heterocycles. The molecule has 1 aliphatic rings. The smallest absolute Gasteiger partial charge is 0.417 e. The van der Waals surface area contributed by atoms with Crippen molar-refractivity contribution in [2.24, 2.45) is 0 Å². The van der Waals surface area contributed by atoms with Gasteiger partial charge in [-0.1, -0.05) is 35.1 Å². The highest BCUT2D eigenvalue weighted by Crippen LogP contribution is 2.41. The molecule has 228 valence electrons. The zero-order valence-electron chi connectivity index (χ0n) is 23.3. The quantitative estimate of drug-likeness (QED) is 0.226. The molecule has 2 aromatic heterocycles. The number of ether oxygens (including phenoxy) is 1. The number of nitrogens with zero attached hydrogens (tertiary/aromatic N) is 3. The Morgan fingerprint density at radius 2 is 1.95 bits per heavy atom. The summed E-state index contributed by atoms with van der Waals surface area (Å²) in [6.45, 7) is 5.17. The number of H-pyrrole nitrogens is 1. The lowest BCUT2D eigenvalue weighted by atomic mass is 9.97. The number of hydrogen-bond donors (Lipinski definition) is 3. The van der Waals surface area contributed by atoms with Crippen molar-refractivity contribution in [3.8, 4) is 5.88 Å². The first-order valence-electron chi connectivity index (χ1n) is 13.2. The van der Waals surface area contributed by atoms with Crippen LogP contribution in [-0.4, -0.2) is 60.8 Å². The van der Waals surface area contributed by atoms with E-state index in [9.17, 15) is 33.0 Å². The van der Waals surface area contributed by atoms with Crippen molar-refractivity contribution in [1.29, 1.82) is 0 Å². The minimum absolute atomic E-state index is 0.0162. The molecule has 0 radical (unpaired) electrons. The average Bonchev–Trinajstić information content (AvgIpc) is 3.50. The fourth-order valence-corrected chi connectivity index (χ4v) is 6.10. The molecule has 0 saturated carbocycles. The van der Waals surface area contributed by atoms with Crippen LogP contribution < -0.4 is 4.87 Å². The molecule has 43 heavy (non-hydrogen) atoms. The molecule has 4 aromatic rings. The Balaban J connectivity index is 1.64. The number of halogens is 4. The van der Waals surface area contributed by atoms with E-state index < -0.39 is 46.3 Å². The third kappa shape index (κ3) is 6.43. The second kappa shape index (κ2) is 11.4. The maximum absolute atomic E-state index is 14.0. The van der Waals surface area contributed by atoms with Gasteiger partial charge in [-0.05, 0) is 68.7 Å². The molecule has 1 amide bonds. The molecule has 2 atom stereocenters. The number of piperidine rings is 1. The number of carbonyl (C=O) groups is 1. The van der Waals surface area contributed by atoms with E-state index in [2.05, 4.69) is 10.2 Å². The summed E-state index contributed by atoms with van der Waals surface area (Å²) < 4.78 is 48.5. The number of benzene rings is 2. The molecular formula is C29H28ClF3N4O5S. The number of hydrogen-bond acceptors (Lipinski definition) is 7. The first-order valence-corrected chi connectivity index (χ1v) is 14.4. The van der Waals surface area contributed by atoms with Crippen LogP contribution in [-0.2, 0) is 10.9 Å². The van der Waals surface area contributed by atoms with Crippen LogP contribution in [0.2, 0.25) is 5.02 Å². The van der Waals surface area contributed by atoms with E-state index in [1.165, 1.54) is 29.3 Å². The van der Waals surface area contributed by atoms with Gasteiger partial charge in [0.2, 0.25) is 5.88 Å². The van der Waals surface area contributed by atoms with Crippen molar-refractivity contribution < 1.29 is 32.9 Å². The molecule has 0 spiro atoms. The number of aromatic nitrogens is 3. The van der Waals surface area contributed by atoms with Gasteiger partial charge < -0.3 is 19.8 Å². The van der Waals surface area contributed by atoms with E-state index >= 15 is 0 Å². The number of carbonyl (C=O) groups excluding carboxylic acids is 1. The lowest BCUT2D eigenvalue weighted by Gasteiger charge is -2.37. The van der Waals surface area contributed by atoms with Gasteiger partial charge in [-0.15, -0.1) is 0 Å². The van der Waals surface area contributed by atoms with Gasteiger partial charge in [0.1, 0.15) is 10.5 Å². The summed E-state index contributed by atoms with van der Waals surface area (Å²) in [7, 11) is 0. The Morgan fingerprint density at radius 1 is 1.21 bits per heavy atom. The van der Waals surface area contributed by atoms with Crippen LogP contribution >= 0.6 is 22.9 Å². The summed E-state index contributed by atoms with van der Waals surface area (Å²) in [4.78, 5) is 26.8. The van der Waals surface area contributed by atoms with Gasteiger partial charge in [0.25, 0.3) is 0 Å². The first kappa shape index (κ1) is 30.6. The number of aliphatic hydroxyl groups excluding tert-OH is 1. The van der Waals surface area contributed by atoms with Crippen LogP contribution in [0.1, 0.15) is 54.8 Å². The van der Waals surface area contributed by atoms with Crippen molar-refractivity contribution in [2.45, 2.75) is 51.1 Å². The minimum atomic E-state index is -4.74. The van der Waals surface area contributed by atoms with Gasteiger partial charge in [-0.2, -0.15) is 18.3 Å². The highest BCUT2D eigenvalue weighted by molar-refractivity contribution is 7.11. The molecule has 1 fully saturated rings. The molecule has 14 heteroatoms. The van der Waals surface area contributed by atoms with Gasteiger partial charge >= 0.3 is 17.1 Å². The van der Waals surface area contributed by atoms with Crippen molar-refractivity contribution in [2.75, 3.05) is 13.1 Å². The number of nitrogens with one attached hydrogen (secondary N) is 1. The van der Waals surface area contributed by atoms with Crippen molar-refractivity contribution in [3.05, 3.63) is 78.9 Å². The molecule has 2 unspecified atom stereocenters. The topological polar surface area (TPSA) is 121 Å². The molecule has 1 aliphatic heterocycles. The van der Waals surface area contributed by atoms with Crippen molar-refractivity contribution in [1.82, 2.24) is 19.7 Å². The molecule has 3 N–H and O–H groups in total. The van der Waals surface area contributed by atoms with E-state index in [4.69, 9.17) is 16.3 Å². The highest BCUT2D eigenvalue weighted by Gasteiger charge is 2.37. The van der Waals surface area contributed by atoms with Crippen LogP contribution in [0.25, 0.3) is 22.6 Å². The first-order chi connectivity index (χ1) is 20.1. The number of aliphatic hydroxyl groups is 1.